The van der Waals surface area contributed by atoms with Crippen molar-refractivity contribution in [2.75, 3.05) is 6.61 Å². The minimum absolute atomic E-state index is 0.0926. The van der Waals surface area contributed by atoms with Gasteiger partial charge in [-0.25, -0.2) is 0 Å². The number of ether oxygens (including phenoxy) is 1. The first-order valence-corrected chi connectivity index (χ1v) is 2.44. The third kappa shape index (κ3) is 5.43. The fraction of sp³-hybridized carbons (Fsp3) is 0.800. The quantitative estimate of drug-likeness (QED) is 0.516. The van der Waals surface area contributed by atoms with Crippen molar-refractivity contribution >= 4 is 5.97 Å². The maximum absolute atomic E-state index is 10.0. The second-order valence-electron chi connectivity index (χ2n) is 1.65. The number of hydrogen-bond donors (Lipinski definition) is 1. The van der Waals surface area contributed by atoms with E-state index in [0.717, 1.165) is 0 Å². The molecule has 0 bridgehead atoms. The van der Waals surface area contributed by atoms with Crippen LogP contribution in [0.2, 0.25) is 0 Å². The number of aliphatic hydroxyl groups excluding tert-OH is 1. The molecule has 3 nitrogen and oxygen atoms in total. The topological polar surface area (TPSA) is 46.5 Å². The first-order chi connectivity index (χ1) is 3.63. The lowest BCUT2D eigenvalue weighted by atomic mass is 10.4. The average molecular weight is 118 g/mol. The molecule has 0 saturated heterocycles. The molecule has 3 heteroatoms. The summed E-state index contributed by atoms with van der Waals surface area (Å²) in [6.07, 6.45) is -0.557. The lowest BCUT2D eigenvalue weighted by Gasteiger charge is -2.01. The smallest absolute Gasteiger partial charge is 0.302 e. The Morgan fingerprint density at radius 2 is 2.38 bits per heavy atom. The van der Waals surface area contributed by atoms with Crippen LogP contribution in [0.3, 0.4) is 0 Å². The maximum atomic E-state index is 10.0. The summed E-state index contributed by atoms with van der Waals surface area (Å²) in [7, 11) is 0. The molecule has 1 N–H and O–H groups in total. The molecule has 1 atom stereocenters. The Kier molecular flexibility index (Phi) is 3.19. The van der Waals surface area contributed by atoms with Gasteiger partial charge in [-0.3, -0.25) is 4.79 Å². The van der Waals surface area contributed by atoms with Gasteiger partial charge in [0.15, 0.2) is 0 Å². The van der Waals surface area contributed by atoms with Gasteiger partial charge in [-0.2, -0.15) is 0 Å². The Bertz CT molecular complexity index is 77.7. The second kappa shape index (κ2) is 3.43. The summed E-state index contributed by atoms with van der Waals surface area (Å²) < 4.78 is 4.41. The number of hydrogen-bond acceptors (Lipinski definition) is 3. The predicted molar refractivity (Wildman–Crippen MR) is 28.3 cm³/mol. The highest BCUT2D eigenvalue weighted by atomic mass is 16.5. The van der Waals surface area contributed by atoms with E-state index in [1.807, 2.05) is 0 Å². The van der Waals surface area contributed by atoms with Crippen LogP contribution in [0.5, 0.6) is 0 Å². The Balaban J connectivity index is 3.05. The molecule has 48 valence electrons. The van der Waals surface area contributed by atoms with E-state index in [-0.39, 0.29) is 12.6 Å². The summed E-state index contributed by atoms with van der Waals surface area (Å²) in [5.41, 5.74) is 0. The summed E-state index contributed by atoms with van der Waals surface area (Å²) in [6, 6.07) is 0. The molecular formula is C5H10O3. The first kappa shape index (κ1) is 7.43. The minimum atomic E-state index is -0.557. The van der Waals surface area contributed by atoms with Gasteiger partial charge >= 0.3 is 5.97 Å². The fourth-order valence-corrected chi connectivity index (χ4v) is 0.238. The largest absolute Gasteiger partial charge is 0.463 e. The van der Waals surface area contributed by atoms with Gasteiger partial charge < -0.3 is 9.84 Å². The molecule has 0 aliphatic carbocycles. The summed E-state index contributed by atoms with van der Waals surface area (Å²) in [4.78, 5) is 10.0. The van der Waals surface area contributed by atoms with Crippen molar-refractivity contribution in [3.8, 4) is 0 Å². The van der Waals surface area contributed by atoms with Crippen LogP contribution in [0, 0.1) is 0 Å². The van der Waals surface area contributed by atoms with E-state index in [1.165, 1.54) is 6.92 Å². The van der Waals surface area contributed by atoms with E-state index in [1.54, 1.807) is 6.92 Å². The highest BCUT2D eigenvalue weighted by Gasteiger charge is 1.96. The molecular weight excluding hydrogens is 108 g/mol. The number of esters is 1. The number of aliphatic hydroxyl groups is 1. The lowest BCUT2D eigenvalue weighted by Crippen LogP contribution is -2.12. The molecule has 0 aromatic carbocycles. The lowest BCUT2D eigenvalue weighted by molar-refractivity contribution is -0.143. The van der Waals surface area contributed by atoms with Gasteiger partial charge in [0.25, 0.3) is 0 Å². The zero-order valence-electron chi connectivity index (χ0n) is 5.05. The number of carbonyl (C=O) groups is 1. The summed E-state index contributed by atoms with van der Waals surface area (Å²) in [6.45, 7) is 2.96. The van der Waals surface area contributed by atoms with Crippen LogP contribution >= 0.6 is 0 Å². The van der Waals surface area contributed by atoms with Crippen LogP contribution in [0.25, 0.3) is 0 Å². The SMILES string of the molecule is CC(=O)OC[C@H](C)O. The fourth-order valence-electron chi connectivity index (χ4n) is 0.238. The molecule has 0 radical (unpaired) electrons. The monoisotopic (exact) mass is 118 g/mol. The van der Waals surface area contributed by atoms with Crippen molar-refractivity contribution in [2.45, 2.75) is 20.0 Å². The van der Waals surface area contributed by atoms with Gasteiger partial charge in [-0.1, -0.05) is 0 Å². The summed E-state index contributed by atoms with van der Waals surface area (Å²) in [5, 5.41) is 8.52. The Morgan fingerprint density at radius 3 is 2.50 bits per heavy atom. The van der Waals surface area contributed by atoms with Gasteiger partial charge in [0.05, 0.1) is 6.10 Å². The summed E-state index contributed by atoms with van der Waals surface area (Å²) >= 11 is 0. The molecule has 0 heterocycles. The van der Waals surface area contributed by atoms with E-state index in [2.05, 4.69) is 4.74 Å². The van der Waals surface area contributed by atoms with Crippen molar-refractivity contribution in [2.24, 2.45) is 0 Å². The van der Waals surface area contributed by atoms with Crippen molar-refractivity contribution in [3.05, 3.63) is 0 Å². The van der Waals surface area contributed by atoms with Crippen LogP contribution in [-0.4, -0.2) is 23.8 Å². The Morgan fingerprint density at radius 1 is 1.88 bits per heavy atom. The van der Waals surface area contributed by atoms with Gasteiger partial charge in [0.1, 0.15) is 6.61 Å². The molecule has 0 aromatic heterocycles. The molecule has 0 aromatic rings. The van der Waals surface area contributed by atoms with E-state index in [0.29, 0.717) is 0 Å². The van der Waals surface area contributed by atoms with E-state index < -0.39 is 6.10 Å². The molecule has 0 fully saturated rings. The highest BCUT2D eigenvalue weighted by Crippen LogP contribution is 1.81. The average Bonchev–Trinajstić information content (AvgIpc) is 1.61. The van der Waals surface area contributed by atoms with E-state index >= 15 is 0 Å². The maximum Gasteiger partial charge on any atom is 0.302 e. The van der Waals surface area contributed by atoms with Gasteiger partial charge in [0.2, 0.25) is 0 Å². The molecule has 0 amide bonds. The number of rotatable bonds is 2. The van der Waals surface area contributed by atoms with Crippen molar-refractivity contribution in [1.29, 1.82) is 0 Å². The third-order valence-corrected chi connectivity index (χ3v) is 0.528. The predicted octanol–water partition coefficient (Wildman–Crippen LogP) is -0.0697. The van der Waals surface area contributed by atoms with Crippen LogP contribution in [0.15, 0.2) is 0 Å². The molecule has 0 saturated carbocycles. The van der Waals surface area contributed by atoms with Crippen molar-refractivity contribution < 1.29 is 14.6 Å². The van der Waals surface area contributed by atoms with Crippen LogP contribution in [-0.2, 0) is 9.53 Å². The molecule has 0 aliphatic heterocycles. The zero-order chi connectivity index (χ0) is 6.57. The van der Waals surface area contributed by atoms with Crippen molar-refractivity contribution in [1.82, 2.24) is 0 Å². The molecule has 0 aliphatic rings. The highest BCUT2D eigenvalue weighted by molar-refractivity contribution is 5.65. The van der Waals surface area contributed by atoms with E-state index in [4.69, 9.17) is 5.11 Å². The third-order valence-electron chi connectivity index (χ3n) is 0.528. The van der Waals surface area contributed by atoms with Crippen LogP contribution in [0.1, 0.15) is 13.8 Å². The second-order valence-corrected chi connectivity index (χ2v) is 1.65. The zero-order valence-corrected chi connectivity index (χ0v) is 5.05. The van der Waals surface area contributed by atoms with Gasteiger partial charge in [0, 0.05) is 6.92 Å². The van der Waals surface area contributed by atoms with Gasteiger partial charge in [-0.05, 0) is 6.92 Å². The Labute approximate surface area is 48.3 Å². The molecule has 0 rings (SSSR count). The Hall–Kier alpha value is -0.570. The standard InChI is InChI=1S/C5H10O3/c1-4(6)3-8-5(2)7/h4,6H,3H2,1-2H3/t4-/m0/s1. The van der Waals surface area contributed by atoms with Gasteiger partial charge in [-0.15, -0.1) is 0 Å². The summed E-state index contributed by atoms with van der Waals surface area (Å²) in [5.74, 6) is -0.356. The molecule has 0 unspecified atom stereocenters. The molecule has 8 heavy (non-hydrogen) atoms. The van der Waals surface area contributed by atoms with Crippen LogP contribution in [0.4, 0.5) is 0 Å². The normalized spacial score (nSPS) is 12.9. The molecule has 0 spiro atoms. The van der Waals surface area contributed by atoms with E-state index in [9.17, 15) is 4.79 Å². The van der Waals surface area contributed by atoms with Crippen molar-refractivity contribution in [3.63, 3.8) is 0 Å². The van der Waals surface area contributed by atoms with Crippen LogP contribution < -0.4 is 0 Å². The minimum Gasteiger partial charge on any atom is -0.463 e. The number of carbonyl (C=O) groups excluding carboxylic acids is 1. The first-order valence-electron chi connectivity index (χ1n) is 2.44.